The molecule has 2 rings (SSSR count). The van der Waals surface area contributed by atoms with Crippen LogP contribution < -0.4 is 11.1 Å². The van der Waals surface area contributed by atoms with E-state index in [0.717, 1.165) is 19.5 Å². The molecule has 0 bridgehead atoms. The summed E-state index contributed by atoms with van der Waals surface area (Å²) >= 11 is 0. The van der Waals surface area contributed by atoms with Gasteiger partial charge in [-0.1, -0.05) is 6.92 Å². The third kappa shape index (κ3) is 3.23. The molecule has 1 aliphatic rings. The Hall–Kier alpha value is -1.62. The molecule has 1 fully saturated rings. The van der Waals surface area contributed by atoms with Gasteiger partial charge >= 0.3 is 0 Å². The van der Waals surface area contributed by atoms with Crippen molar-refractivity contribution < 1.29 is 9.18 Å². The number of nitrogens with one attached hydrogen (secondary N) is 1. The van der Waals surface area contributed by atoms with Crippen molar-refractivity contribution in [3.8, 4) is 0 Å². The molecule has 104 valence electrons. The van der Waals surface area contributed by atoms with Gasteiger partial charge in [0.05, 0.1) is 5.56 Å². The average molecular weight is 265 g/mol. The number of halogens is 1. The van der Waals surface area contributed by atoms with Crippen LogP contribution in [0.3, 0.4) is 0 Å². The lowest BCUT2D eigenvalue weighted by Crippen LogP contribution is -2.49. The Kier molecular flexibility index (Phi) is 4.04. The molecule has 0 spiro atoms. The van der Waals surface area contributed by atoms with Crippen LogP contribution in [0.15, 0.2) is 18.2 Å². The molecule has 0 aromatic heterocycles. The highest BCUT2D eigenvalue weighted by atomic mass is 19.1. The summed E-state index contributed by atoms with van der Waals surface area (Å²) in [5.41, 5.74) is 5.85. The Balaban J connectivity index is 2.04. The van der Waals surface area contributed by atoms with Crippen LogP contribution in [0.5, 0.6) is 0 Å². The smallest absolute Gasteiger partial charge is 0.254 e. The molecule has 5 heteroatoms. The Labute approximate surface area is 112 Å². The van der Waals surface area contributed by atoms with E-state index in [9.17, 15) is 9.18 Å². The van der Waals surface area contributed by atoms with E-state index < -0.39 is 5.82 Å². The van der Waals surface area contributed by atoms with Crippen molar-refractivity contribution in [2.75, 3.05) is 25.9 Å². The molecule has 1 saturated heterocycles. The number of nitrogens with two attached hydrogens (primary N) is 1. The van der Waals surface area contributed by atoms with E-state index in [2.05, 4.69) is 24.2 Å². The number of amides is 1. The third-order valence-electron chi connectivity index (χ3n) is 3.66. The first kappa shape index (κ1) is 13.8. The molecule has 1 heterocycles. The molecule has 1 aromatic rings. The number of carbonyl (C=O) groups excluding carboxylic acids is 1. The van der Waals surface area contributed by atoms with Gasteiger partial charge in [-0.2, -0.15) is 0 Å². The van der Waals surface area contributed by atoms with Gasteiger partial charge in [-0.05, 0) is 44.1 Å². The highest BCUT2D eigenvalue weighted by Gasteiger charge is 2.26. The number of likely N-dealkylation sites (tertiary alicyclic amines) is 1. The fraction of sp³-hybridized carbons (Fsp3) is 0.500. The molecule has 1 aliphatic heterocycles. The molecular formula is C14H20FN3O. The van der Waals surface area contributed by atoms with Crippen molar-refractivity contribution in [3.63, 3.8) is 0 Å². The van der Waals surface area contributed by atoms with E-state index in [1.807, 2.05) is 0 Å². The number of nitrogen functional groups attached to an aromatic ring is 1. The van der Waals surface area contributed by atoms with Gasteiger partial charge in [0.1, 0.15) is 5.82 Å². The third-order valence-corrected chi connectivity index (χ3v) is 3.66. The number of benzene rings is 1. The minimum absolute atomic E-state index is 0.0559. The number of nitrogens with zero attached hydrogens (tertiary/aromatic N) is 1. The predicted octanol–water partition coefficient (Wildman–Crippen LogP) is 1.48. The number of hydrogen-bond donors (Lipinski definition) is 2. The molecular weight excluding hydrogens is 245 g/mol. The summed E-state index contributed by atoms with van der Waals surface area (Å²) in [7, 11) is 2.06. The van der Waals surface area contributed by atoms with Crippen molar-refractivity contribution in [2.24, 2.45) is 5.92 Å². The maximum absolute atomic E-state index is 13.7. The van der Waals surface area contributed by atoms with Gasteiger partial charge in [0.25, 0.3) is 5.91 Å². The normalized spacial score (nSPS) is 24.2. The van der Waals surface area contributed by atoms with Crippen LogP contribution in [0.2, 0.25) is 0 Å². The Morgan fingerprint density at radius 2 is 2.26 bits per heavy atom. The molecule has 0 saturated carbocycles. The SMILES string of the molecule is CC1CN(C)CCC1NC(=O)c1ccc(N)cc1F. The minimum Gasteiger partial charge on any atom is -0.399 e. The molecule has 2 unspecified atom stereocenters. The molecule has 19 heavy (non-hydrogen) atoms. The second kappa shape index (κ2) is 5.57. The number of carbonyl (C=O) groups is 1. The Morgan fingerprint density at radius 1 is 1.53 bits per heavy atom. The molecule has 1 aromatic carbocycles. The standard InChI is InChI=1S/C14H20FN3O/c1-9-8-18(2)6-5-13(9)17-14(19)11-4-3-10(16)7-12(11)15/h3-4,7,9,13H,5-6,8,16H2,1-2H3,(H,17,19). The van der Waals surface area contributed by atoms with Crippen molar-refractivity contribution in [3.05, 3.63) is 29.6 Å². The lowest BCUT2D eigenvalue weighted by Gasteiger charge is -2.35. The monoisotopic (exact) mass is 265 g/mol. The van der Waals surface area contributed by atoms with Crippen LogP contribution in [0, 0.1) is 11.7 Å². The quantitative estimate of drug-likeness (QED) is 0.796. The summed E-state index contributed by atoms with van der Waals surface area (Å²) in [5, 5.41) is 2.92. The molecule has 1 amide bonds. The second-order valence-corrected chi connectivity index (χ2v) is 5.35. The first-order valence-electron chi connectivity index (χ1n) is 6.52. The van der Waals surface area contributed by atoms with Crippen LogP contribution in [0.1, 0.15) is 23.7 Å². The lowest BCUT2D eigenvalue weighted by atomic mass is 9.94. The zero-order valence-electron chi connectivity index (χ0n) is 11.3. The van der Waals surface area contributed by atoms with E-state index in [4.69, 9.17) is 5.73 Å². The topological polar surface area (TPSA) is 58.4 Å². The predicted molar refractivity (Wildman–Crippen MR) is 73.3 cm³/mol. The summed E-state index contributed by atoms with van der Waals surface area (Å²) in [5.74, 6) is -0.573. The lowest BCUT2D eigenvalue weighted by molar-refractivity contribution is 0.0880. The van der Waals surface area contributed by atoms with Crippen molar-refractivity contribution in [1.82, 2.24) is 10.2 Å². The van der Waals surface area contributed by atoms with E-state index in [1.165, 1.54) is 18.2 Å². The molecule has 2 atom stereocenters. The zero-order valence-corrected chi connectivity index (χ0v) is 11.3. The highest BCUT2D eigenvalue weighted by Crippen LogP contribution is 2.17. The minimum atomic E-state index is -0.571. The van der Waals surface area contributed by atoms with E-state index in [0.29, 0.717) is 11.6 Å². The first-order valence-corrected chi connectivity index (χ1v) is 6.52. The molecule has 3 N–H and O–H groups in total. The largest absolute Gasteiger partial charge is 0.399 e. The van der Waals surface area contributed by atoms with Gasteiger partial charge in [0.2, 0.25) is 0 Å². The Bertz CT molecular complexity index is 478. The number of hydrogen-bond acceptors (Lipinski definition) is 3. The van der Waals surface area contributed by atoms with Crippen LogP contribution in [-0.2, 0) is 0 Å². The number of anilines is 1. The van der Waals surface area contributed by atoms with E-state index in [1.54, 1.807) is 0 Å². The van der Waals surface area contributed by atoms with E-state index in [-0.39, 0.29) is 17.5 Å². The maximum atomic E-state index is 13.7. The van der Waals surface area contributed by atoms with Gasteiger partial charge in [0.15, 0.2) is 0 Å². The van der Waals surface area contributed by atoms with Crippen LogP contribution >= 0.6 is 0 Å². The number of rotatable bonds is 2. The molecule has 0 aliphatic carbocycles. The summed E-state index contributed by atoms with van der Waals surface area (Å²) < 4.78 is 13.7. The van der Waals surface area contributed by atoms with Crippen molar-refractivity contribution in [2.45, 2.75) is 19.4 Å². The van der Waals surface area contributed by atoms with Crippen LogP contribution in [0.4, 0.5) is 10.1 Å². The van der Waals surface area contributed by atoms with Gasteiger partial charge in [0, 0.05) is 18.3 Å². The fourth-order valence-corrected chi connectivity index (χ4v) is 2.53. The molecule has 4 nitrogen and oxygen atoms in total. The zero-order chi connectivity index (χ0) is 14.0. The second-order valence-electron chi connectivity index (χ2n) is 5.35. The van der Waals surface area contributed by atoms with Crippen LogP contribution in [-0.4, -0.2) is 37.0 Å². The van der Waals surface area contributed by atoms with Crippen molar-refractivity contribution >= 4 is 11.6 Å². The summed E-state index contributed by atoms with van der Waals surface area (Å²) in [6.45, 7) is 3.98. The summed E-state index contributed by atoms with van der Waals surface area (Å²) in [6, 6.07) is 4.24. The molecule has 0 radical (unpaired) electrons. The summed E-state index contributed by atoms with van der Waals surface area (Å²) in [4.78, 5) is 14.3. The van der Waals surface area contributed by atoms with Crippen molar-refractivity contribution in [1.29, 1.82) is 0 Å². The summed E-state index contributed by atoms with van der Waals surface area (Å²) in [6.07, 6.45) is 0.889. The number of piperidine rings is 1. The van der Waals surface area contributed by atoms with Gasteiger partial charge in [-0.25, -0.2) is 4.39 Å². The van der Waals surface area contributed by atoms with Gasteiger partial charge in [-0.3, -0.25) is 4.79 Å². The van der Waals surface area contributed by atoms with E-state index >= 15 is 0 Å². The first-order chi connectivity index (χ1) is 8.97. The Morgan fingerprint density at radius 3 is 2.89 bits per heavy atom. The highest BCUT2D eigenvalue weighted by molar-refractivity contribution is 5.95. The van der Waals surface area contributed by atoms with Gasteiger partial charge < -0.3 is 16.0 Å². The average Bonchev–Trinajstić information content (AvgIpc) is 2.32. The fourth-order valence-electron chi connectivity index (χ4n) is 2.53. The van der Waals surface area contributed by atoms with Gasteiger partial charge in [-0.15, -0.1) is 0 Å². The maximum Gasteiger partial charge on any atom is 0.254 e. The van der Waals surface area contributed by atoms with Crippen LogP contribution in [0.25, 0.3) is 0 Å².